The molecule has 0 aliphatic carbocycles. The second kappa shape index (κ2) is 7.28. The minimum absolute atomic E-state index is 0.385. The first-order chi connectivity index (χ1) is 13.4. The SMILES string of the molecule is CC1(C)OB(c2csc(N=C(c3ccccc3)c3ccccc3)n2)OC1(C)C. The van der Waals surface area contributed by atoms with Crippen molar-refractivity contribution in [2.45, 2.75) is 38.9 Å². The second-order valence-electron chi connectivity index (χ2n) is 7.84. The van der Waals surface area contributed by atoms with Gasteiger partial charge in [0.1, 0.15) is 0 Å². The van der Waals surface area contributed by atoms with E-state index in [-0.39, 0.29) is 11.2 Å². The first kappa shape index (κ1) is 19.1. The fraction of sp³-hybridized carbons (Fsp3) is 0.273. The van der Waals surface area contributed by atoms with Gasteiger partial charge in [-0.15, -0.1) is 11.3 Å². The highest BCUT2D eigenvalue weighted by Crippen LogP contribution is 2.36. The van der Waals surface area contributed by atoms with E-state index in [1.807, 2.05) is 69.5 Å². The molecule has 2 heterocycles. The number of aromatic nitrogens is 1. The summed E-state index contributed by atoms with van der Waals surface area (Å²) in [7, 11) is -0.470. The predicted octanol–water partition coefficient (Wildman–Crippen LogP) is 4.61. The Morgan fingerprint density at radius 2 is 1.36 bits per heavy atom. The molecule has 1 saturated heterocycles. The minimum atomic E-state index is -0.470. The topological polar surface area (TPSA) is 43.7 Å². The van der Waals surface area contributed by atoms with Gasteiger partial charge in [-0.3, -0.25) is 0 Å². The van der Waals surface area contributed by atoms with Crippen LogP contribution in [-0.4, -0.2) is 29.0 Å². The Kier molecular flexibility index (Phi) is 4.95. The molecule has 0 unspecified atom stereocenters. The molecule has 2 aromatic carbocycles. The fourth-order valence-corrected chi connectivity index (χ4v) is 3.68. The summed E-state index contributed by atoms with van der Waals surface area (Å²) < 4.78 is 12.2. The van der Waals surface area contributed by atoms with Crippen LogP contribution in [0.25, 0.3) is 0 Å². The molecule has 1 aliphatic rings. The Bertz CT molecular complexity index is 927. The van der Waals surface area contributed by atoms with Crippen LogP contribution >= 0.6 is 11.3 Å². The summed E-state index contributed by atoms with van der Waals surface area (Å²) in [5.41, 5.74) is 3.01. The Labute approximate surface area is 170 Å². The van der Waals surface area contributed by atoms with E-state index in [1.54, 1.807) is 0 Å². The Morgan fingerprint density at radius 3 is 1.86 bits per heavy atom. The quantitative estimate of drug-likeness (QED) is 0.483. The lowest BCUT2D eigenvalue weighted by atomic mass is 9.86. The van der Waals surface area contributed by atoms with Gasteiger partial charge in [-0.25, -0.2) is 9.98 Å². The molecule has 142 valence electrons. The normalized spacial score (nSPS) is 17.5. The highest BCUT2D eigenvalue weighted by molar-refractivity contribution is 7.14. The molecule has 0 N–H and O–H groups in total. The van der Waals surface area contributed by atoms with Gasteiger partial charge in [-0.2, -0.15) is 0 Å². The number of hydrogen-bond acceptors (Lipinski definition) is 5. The van der Waals surface area contributed by atoms with Crippen molar-refractivity contribution in [3.63, 3.8) is 0 Å². The molecule has 1 aromatic heterocycles. The van der Waals surface area contributed by atoms with Crippen LogP contribution in [0.3, 0.4) is 0 Å². The van der Waals surface area contributed by atoms with Crippen molar-refractivity contribution in [1.29, 1.82) is 0 Å². The summed E-state index contributed by atoms with van der Waals surface area (Å²) in [6.07, 6.45) is 0. The number of thiazole rings is 1. The van der Waals surface area contributed by atoms with Gasteiger partial charge < -0.3 is 9.31 Å². The van der Waals surface area contributed by atoms with Crippen molar-refractivity contribution < 1.29 is 9.31 Å². The van der Waals surface area contributed by atoms with Crippen molar-refractivity contribution in [3.8, 4) is 0 Å². The van der Waals surface area contributed by atoms with Crippen LogP contribution < -0.4 is 5.59 Å². The van der Waals surface area contributed by atoms with Crippen LogP contribution in [0.15, 0.2) is 71.0 Å². The molecule has 0 amide bonds. The maximum Gasteiger partial charge on any atom is 0.515 e. The smallest absolute Gasteiger partial charge is 0.398 e. The minimum Gasteiger partial charge on any atom is -0.398 e. The highest BCUT2D eigenvalue weighted by Gasteiger charge is 2.52. The van der Waals surface area contributed by atoms with Crippen LogP contribution in [0, 0.1) is 0 Å². The molecule has 28 heavy (non-hydrogen) atoms. The molecule has 0 atom stereocenters. The van der Waals surface area contributed by atoms with Gasteiger partial charge in [-0.05, 0) is 27.7 Å². The Balaban J connectivity index is 1.68. The fourth-order valence-electron chi connectivity index (χ4n) is 2.98. The van der Waals surface area contributed by atoms with E-state index in [2.05, 4.69) is 24.3 Å². The van der Waals surface area contributed by atoms with Crippen molar-refractivity contribution in [3.05, 3.63) is 77.2 Å². The molecule has 4 nitrogen and oxygen atoms in total. The third-order valence-electron chi connectivity index (χ3n) is 5.31. The summed E-state index contributed by atoms with van der Waals surface area (Å²) >= 11 is 1.50. The Morgan fingerprint density at radius 1 is 0.857 bits per heavy atom. The maximum absolute atomic E-state index is 6.11. The van der Waals surface area contributed by atoms with E-state index in [0.717, 1.165) is 22.4 Å². The van der Waals surface area contributed by atoms with Gasteiger partial charge in [0, 0.05) is 16.5 Å². The lowest BCUT2D eigenvalue weighted by Crippen LogP contribution is -2.41. The van der Waals surface area contributed by atoms with Gasteiger partial charge in [0.2, 0.25) is 5.13 Å². The van der Waals surface area contributed by atoms with E-state index < -0.39 is 7.12 Å². The first-order valence-electron chi connectivity index (χ1n) is 9.36. The zero-order valence-corrected chi connectivity index (χ0v) is 17.4. The Hall–Kier alpha value is -2.28. The van der Waals surface area contributed by atoms with Crippen LogP contribution in [0.5, 0.6) is 0 Å². The summed E-state index contributed by atoms with van der Waals surface area (Å²) in [4.78, 5) is 9.57. The van der Waals surface area contributed by atoms with Crippen molar-refractivity contribution in [2.75, 3.05) is 0 Å². The molecule has 1 aliphatic heterocycles. The third kappa shape index (κ3) is 3.68. The lowest BCUT2D eigenvalue weighted by molar-refractivity contribution is 0.00578. The van der Waals surface area contributed by atoms with Crippen molar-refractivity contribution in [1.82, 2.24) is 4.98 Å². The molecule has 3 aromatic rings. The van der Waals surface area contributed by atoms with Gasteiger partial charge in [-0.1, -0.05) is 60.7 Å². The van der Waals surface area contributed by atoms with Gasteiger partial charge in [0.15, 0.2) is 0 Å². The van der Waals surface area contributed by atoms with E-state index >= 15 is 0 Å². The predicted molar refractivity (Wildman–Crippen MR) is 116 cm³/mol. The van der Waals surface area contributed by atoms with Gasteiger partial charge in [0.05, 0.1) is 22.5 Å². The number of nitrogens with zero attached hydrogens (tertiary/aromatic N) is 2. The molecule has 0 bridgehead atoms. The van der Waals surface area contributed by atoms with E-state index in [4.69, 9.17) is 19.3 Å². The summed E-state index contributed by atoms with van der Waals surface area (Å²) in [6.45, 7) is 8.17. The van der Waals surface area contributed by atoms with Crippen molar-refractivity contribution >= 4 is 34.9 Å². The standard InChI is InChI=1S/C22H23BN2O2S/c1-21(2)22(3,4)27-23(26-21)18-15-28-20(24-18)25-19(16-11-7-5-8-12-16)17-13-9-6-10-14-17/h5-15H,1-4H3. The number of benzene rings is 2. The molecule has 6 heteroatoms. The number of aliphatic imine (C=N–C) groups is 1. The monoisotopic (exact) mass is 390 g/mol. The maximum atomic E-state index is 6.11. The highest BCUT2D eigenvalue weighted by atomic mass is 32.1. The van der Waals surface area contributed by atoms with Crippen LogP contribution in [-0.2, 0) is 9.31 Å². The molecular formula is C22H23BN2O2S. The van der Waals surface area contributed by atoms with Crippen LogP contribution in [0.2, 0.25) is 0 Å². The molecular weight excluding hydrogens is 367 g/mol. The average Bonchev–Trinajstić information content (AvgIpc) is 3.23. The van der Waals surface area contributed by atoms with E-state index in [0.29, 0.717) is 5.13 Å². The molecule has 0 radical (unpaired) electrons. The second-order valence-corrected chi connectivity index (χ2v) is 8.67. The van der Waals surface area contributed by atoms with Crippen LogP contribution in [0.1, 0.15) is 38.8 Å². The third-order valence-corrected chi connectivity index (χ3v) is 6.06. The number of rotatable bonds is 4. The average molecular weight is 390 g/mol. The molecule has 4 rings (SSSR count). The molecule has 0 spiro atoms. The summed E-state index contributed by atoms with van der Waals surface area (Å²) in [6, 6.07) is 20.3. The number of hydrogen-bond donors (Lipinski definition) is 0. The molecule has 1 fully saturated rings. The molecule has 0 saturated carbocycles. The van der Waals surface area contributed by atoms with E-state index in [1.165, 1.54) is 11.3 Å². The lowest BCUT2D eigenvalue weighted by Gasteiger charge is -2.32. The zero-order valence-electron chi connectivity index (χ0n) is 16.5. The van der Waals surface area contributed by atoms with Crippen LogP contribution in [0.4, 0.5) is 5.13 Å². The first-order valence-corrected chi connectivity index (χ1v) is 10.2. The zero-order chi connectivity index (χ0) is 19.8. The van der Waals surface area contributed by atoms with Gasteiger partial charge >= 0.3 is 7.12 Å². The summed E-state index contributed by atoms with van der Waals surface area (Å²) in [5, 5.41) is 2.65. The largest absolute Gasteiger partial charge is 0.515 e. The van der Waals surface area contributed by atoms with Gasteiger partial charge in [0.25, 0.3) is 0 Å². The van der Waals surface area contributed by atoms with Crippen molar-refractivity contribution in [2.24, 2.45) is 4.99 Å². The summed E-state index contributed by atoms with van der Waals surface area (Å²) in [5.74, 6) is 0. The van der Waals surface area contributed by atoms with E-state index in [9.17, 15) is 0 Å².